The van der Waals surface area contributed by atoms with E-state index in [1.807, 2.05) is 6.07 Å². The summed E-state index contributed by atoms with van der Waals surface area (Å²) >= 11 is 0. The SMILES string of the molecule is COc1ccc(/C(=C/C(=O)N2CCOCC2)c2ccc(F)cc2)cc1OC. The van der Waals surface area contributed by atoms with Crippen LogP contribution in [0.2, 0.25) is 0 Å². The van der Waals surface area contributed by atoms with Gasteiger partial charge in [-0.3, -0.25) is 4.79 Å². The number of halogens is 1. The van der Waals surface area contributed by atoms with Crippen molar-refractivity contribution in [3.05, 3.63) is 65.5 Å². The summed E-state index contributed by atoms with van der Waals surface area (Å²) in [4.78, 5) is 14.5. The van der Waals surface area contributed by atoms with Crippen LogP contribution in [0.3, 0.4) is 0 Å². The lowest BCUT2D eigenvalue weighted by atomic mass is 9.96. The predicted molar refractivity (Wildman–Crippen MR) is 100 cm³/mol. The van der Waals surface area contributed by atoms with Crippen LogP contribution in [0.5, 0.6) is 11.5 Å². The number of hydrogen-bond donors (Lipinski definition) is 0. The van der Waals surface area contributed by atoms with Gasteiger partial charge in [-0.1, -0.05) is 18.2 Å². The van der Waals surface area contributed by atoms with Crippen LogP contribution in [0.15, 0.2) is 48.5 Å². The summed E-state index contributed by atoms with van der Waals surface area (Å²) in [7, 11) is 3.12. The monoisotopic (exact) mass is 371 g/mol. The smallest absolute Gasteiger partial charge is 0.247 e. The lowest BCUT2D eigenvalue weighted by Crippen LogP contribution is -2.39. The maximum Gasteiger partial charge on any atom is 0.247 e. The van der Waals surface area contributed by atoms with E-state index in [1.54, 1.807) is 49.5 Å². The number of nitrogens with zero attached hydrogens (tertiary/aromatic N) is 1. The highest BCUT2D eigenvalue weighted by atomic mass is 19.1. The molecule has 1 amide bonds. The number of benzene rings is 2. The molecule has 5 nitrogen and oxygen atoms in total. The third kappa shape index (κ3) is 4.46. The van der Waals surface area contributed by atoms with Crippen LogP contribution in [0, 0.1) is 5.82 Å². The standard InChI is InChI=1S/C21H22FNO4/c1-25-19-8-5-16(13-20(19)26-2)18(15-3-6-17(22)7-4-15)14-21(24)23-9-11-27-12-10-23/h3-8,13-14H,9-12H2,1-2H3/b18-14+. The number of amides is 1. The Morgan fingerprint density at radius 1 is 1.00 bits per heavy atom. The highest BCUT2D eigenvalue weighted by Crippen LogP contribution is 2.33. The summed E-state index contributed by atoms with van der Waals surface area (Å²) in [6.07, 6.45) is 1.58. The molecule has 0 aliphatic carbocycles. The second-order valence-electron chi connectivity index (χ2n) is 6.07. The molecule has 0 bridgehead atoms. The van der Waals surface area contributed by atoms with Gasteiger partial charge in [0.2, 0.25) is 5.91 Å². The Labute approximate surface area is 158 Å². The van der Waals surface area contributed by atoms with Crippen LogP contribution in [-0.2, 0) is 9.53 Å². The Morgan fingerprint density at radius 3 is 2.26 bits per heavy atom. The number of rotatable bonds is 5. The molecule has 27 heavy (non-hydrogen) atoms. The third-order valence-corrected chi connectivity index (χ3v) is 4.44. The van der Waals surface area contributed by atoms with Crippen molar-refractivity contribution in [3.63, 3.8) is 0 Å². The van der Waals surface area contributed by atoms with E-state index < -0.39 is 0 Å². The molecule has 0 unspecified atom stereocenters. The van der Waals surface area contributed by atoms with Gasteiger partial charge in [-0.2, -0.15) is 0 Å². The first-order valence-electron chi connectivity index (χ1n) is 8.69. The topological polar surface area (TPSA) is 48.0 Å². The van der Waals surface area contributed by atoms with Crippen LogP contribution in [0.25, 0.3) is 5.57 Å². The molecule has 1 saturated heterocycles. The molecular weight excluding hydrogens is 349 g/mol. The summed E-state index contributed by atoms with van der Waals surface area (Å²) < 4.78 is 29.3. The summed E-state index contributed by atoms with van der Waals surface area (Å²) in [5, 5.41) is 0. The first-order chi connectivity index (χ1) is 13.1. The van der Waals surface area contributed by atoms with Crippen molar-refractivity contribution in [2.45, 2.75) is 0 Å². The fourth-order valence-corrected chi connectivity index (χ4v) is 2.97. The van der Waals surface area contributed by atoms with E-state index in [1.165, 1.54) is 12.1 Å². The molecular formula is C21H22FNO4. The van der Waals surface area contributed by atoms with Crippen molar-refractivity contribution in [1.29, 1.82) is 0 Å². The van der Waals surface area contributed by atoms with Crippen LogP contribution >= 0.6 is 0 Å². The number of hydrogen-bond acceptors (Lipinski definition) is 4. The lowest BCUT2D eigenvalue weighted by molar-refractivity contribution is -0.129. The van der Waals surface area contributed by atoms with Gasteiger partial charge >= 0.3 is 0 Å². The van der Waals surface area contributed by atoms with Crippen molar-refractivity contribution in [1.82, 2.24) is 4.90 Å². The minimum Gasteiger partial charge on any atom is -0.493 e. The number of ether oxygens (including phenoxy) is 3. The Bertz CT molecular complexity index is 827. The van der Waals surface area contributed by atoms with Crippen LogP contribution in [-0.4, -0.2) is 51.3 Å². The van der Waals surface area contributed by atoms with Crippen LogP contribution < -0.4 is 9.47 Å². The minimum absolute atomic E-state index is 0.104. The van der Waals surface area contributed by atoms with E-state index in [0.717, 1.165) is 11.1 Å². The van der Waals surface area contributed by atoms with Gasteiger partial charge in [0.1, 0.15) is 5.82 Å². The van der Waals surface area contributed by atoms with E-state index in [2.05, 4.69) is 0 Å². The number of methoxy groups -OCH3 is 2. The largest absolute Gasteiger partial charge is 0.493 e. The van der Waals surface area contributed by atoms with Gasteiger partial charge in [-0.05, 0) is 41.0 Å². The molecule has 2 aromatic rings. The highest BCUT2D eigenvalue weighted by Gasteiger charge is 2.18. The molecule has 2 aromatic carbocycles. The highest BCUT2D eigenvalue weighted by molar-refractivity contribution is 5.99. The van der Waals surface area contributed by atoms with E-state index >= 15 is 0 Å². The number of carbonyl (C=O) groups excluding carboxylic acids is 1. The van der Waals surface area contributed by atoms with Crippen LogP contribution in [0.4, 0.5) is 4.39 Å². The van der Waals surface area contributed by atoms with E-state index in [0.29, 0.717) is 43.4 Å². The van der Waals surface area contributed by atoms with Gasteiger partial charge in [0, 0.05) is 19.2 Å². The lowest BCUT2D eigenvalue weighted by Gasteiger charge is -2.26. The van der Waals surface area contributed by atoms with E-state index in [4.69, 9.17) is 14.2 Å². The molecule has 1 fully saturated rings. The quantitative estimate of drug-likeness (QED) is 0.758. The second kappa shape index (κ2) is 8.68. The third-order valence-electron chi connectivity index (χ3n) is 4.44. The molecule has 0 spiro atoms. The molecule has 0 radical (unpaired) electrons. The van der Waals surface area contributed by atoms with Crippen molar-refractivity contribution in [2.75, 3.05) is 40.5 Å². The molecule has 0 saturated carbocycles. The molecule has 3 rings (SSSR count). The van der Waals surface area contributed by atoms with E-state index in [-0.39, 0.29) is 11.7 Å². The van der Waals surface area contributed by atoms with Crippen molar-refractivity contribution >= 4 is 11.5 Å². The van der Waals surface area contributed by atoms with Crippen molar-refractivity contribution < 1.29 is 23.4 Å². The molecule has 6 heteroatoms. The molecule has 1 aliphatic heterocycles. The zero-order valence-corrected chi connectivity index (χ0v) is 15.4. The summed E-state index contributed by atoms with van der Waals surface area (Å²) in [5.74, 6) is 0.721. The van der Waals surface area contributed by atoms with Gasteiger partial charge in [0.05, 0.1) is 27.4 Å². The normalized spacial score (nSPS) is 14.8. The fourth-order valence-electron chi connectivity index (χ4n) is 2.97. The second-order valence-corrected chi connectivity index (χ2v) is 6.07. The Hall–Kier alpha value is -2.86. The summed E-state index contributed by atoms with van der Waals surface area (Å²) in [5.41, 5.74) is 2.21. The molecule has 0 N–H and O–H groups in total. The Morgan fingerprint density at radius 2 is 1.63 bits per heavy atom. The summed E-state index contributed by atoms with van der Waals surface area (Å²) in [6, 6.07) is 11.5. The van der Waals surface area contributed by atoms with Gasteiger partial charge in [0.15, 0.2) is 11.5 Å². The molecule has 0 atom stereocenters. The average molecular weight is 371 g/mol. The summed E-state index contributed by atoms with van der Waals surface area (Å²) in [6.45, 7) is 2.17. The molecule has 142 valence electrons. The van der Waals surface area contributed by atoms with Gasteiger partial charge < -0.3 is 19.1 Å². The molecule has 0 aromatic heterocycles. The van der Waals surface area contributed by atoms with Crippen molar-refractivity contribution in [3.8, 4) is 11.5 Å². The average Bonchev–Trinajstić information content (AvgIpc) is 2.72. The maximum absolute atomic E-state index is 13.4. The van der Waals surface area contributed by atoms with E-state index in [9.17, 15) is 9.18 Å². The number of carbonyl (C=O) groups is 1. The van der Waals surface area contributed by atoms with Crippen LogP contribution in [0.1, 0.15) is 11.1 Å². The fraction of sp³-hybridized carbons (Fsp3) is 0.286. The zero-order chi connectivity index (χ0) is 19.2. The first kappa shape index (κ1) is 18.9. The Kier molecular flexibility index (Phi) is 6.08. The van der Waals surface area contributed by atoms with Gasteiger partial charge in [0.25, 0.3) is 0 Å². The number of morpholine rings is 1. The van der Waals surface area contributed by atoms with Crippen molar-refractivity contribution in [2.24, 2.45) is 0 Å². The Balaban J connectivity index is 2.03. The zero-order valence-electron chi connectivity index (χ0n) is 15.4. The van der Waals surface area contributed by atoms with Gasteiger partial charge in [-0.25, -0.2) is 4.39 Å². The predicted octanol–water partition coefficient (Wildman–Crippen LogP) is 3.13. The first-order valence-corrected chi connectivity index (χ1v) is 8.69. The maximum atomic E-state index is 13.4. The molecule has 1 aliphatic rings. The minimum atomic E-state index is -0.329. The molecule has 1 heterocycles. The van der Waals surface area contributed by atoms with Gasteiger partial charge in [-0.15, -0.1) is 0 Å².